The number of rotatable bonds is 6. The molecule has 1 aliphatic rings. The molecular weight excluding hydrogens is 302 g/mol. The lowest BCUT2D eigenvalue weighted by Gasteiger charge is -2.27. The molecule has 0 unspecified atom stereocenters. The van der Waals surface area contributed by atoms with Gasteiger partial charge < -0.3 is 4.74 Å². The van der Waals surface area contributed by atoms with Crippen molar-refractivity contribution in [2.45, 2.75) is 12.2 Å². The molecule has 2 nitrogen and oxygen atoms in total. The highest BCUT2D eigenvalue weighted by Crippen LogP contribution is 2.35. The molecule has 23 heavy (non-hydrogen) atoms. The van der Waals surface area contributed by atoms with E-state index in [9.17, 15) is 0 Å². The summed E-state index contributed by atoms with van der Waals surface area (Å²) in [5.74, 6) is 1.15. The van der Waals surface area contributed by atoms with Crippen LogP contribution in [-0.2, 0) is 4.74 Å². The Kier molecular flexibility index (Phi) is 6.14. The number of ether oxygens (including phenoxy) is 1. The standard InChI is InChI=1S/C20H25NOS/c1-17-7-9-19(10-8-17)20(18-5-3-2-4-6-18)23-16-13-21-11-14-22-15-12-21/h2-10,20H,11-16H2,1H3/t20-/m0/s1. The molecule has 3 heteroatoms. The number of aryl methyl sites for hydroxylation is 1. The molecule has 2 aromatic carbocycles. The largest absolute Gasteiger partial charge is 0.379 e. The maximum atomic E-state index is 5.43. The molecule has 1 aliphatic heterocycles. The minimum atomic E-state index is 0.415. The van der Waals surface area contributed by atoms with E-state index in [2.05, 4.69) is 66.4 Å². The third-order valence-corrected chi connectivity index (χ3v) is 5.57. The van der Waals surface area contributed by atoms with Gasteiger partial charge in [-0.2, -0.15) is 0 Å². The molecule has 122 valence electrons. The monoisotopic (exact) mass is 327 g/mol. The Morgan fingerprint density at radius 2 is 1.61 bits per heavy atom. The van der Waals surface area contributed by atoms with E-state index in [1.807, 2.05) is 11.8 Å². The van der Waals surface area contributed by atoms with Gasteiger partial charge in [0.05, 0.1) is 18.5 Å². The lowest BCUT2D eigenvalue weighted by molar-refractivity contribution is 0.0410. The van der Waals surface area contributed by atoms with E-state index in [0.29, 0.717) is 5.25 Å². The lowest BCUT2D eigenvalue weighted by atomic mass is 10.0. The molecule has 0 N–H and O–H groups in total. The molecule has 0 aliphatic carbocycles. The van der Waals surface area contributed by atoms with E-state index < -0.39 is 0 Å². The van der Waals surface area contributed by atoms with E-state index in [1.165, 1.54) is 16.7 Å². The van der Waals surface area contributed by atoms with Crippen LogP contribution in [0.15, 0.2) is 54.6 Å². The first-order valence-corrected chi connectivity index (χ1v) is 9.41. The molecular formula is C20H25NOS. The first-order valence-electron chi connectivity index (χ1n) is 8.36. The summed E-state index contributed by atoms with van der Waals surface area (Å²) < 4.78 is 5.43. The lowest BCUT2D eigenvalue weighted by Crippen LogP contribution is -2.37. The van der Waals surface area contributed by atoms with Crippen LogP contribution in [-0.4, -0.2) is 43.5 Å². The van der Waals surface area contributed by atoms with Gasteiger partial charge in [0, 0.05) is 25.4 Å². The Bertz CT molecular complexity index is 578. The molecule has 0 aromatic heterocycles. The van der Waals surface area contributed by atoms with Crippen molar-refractivity contribution in [2.24, 2.45) is 0 Å². The molecule has 1 saturated heterocycles. The van der Waals surface area contributed by atoms with Crippen molar-refractivity contribution in [3.05, 3.63) is 71.3 Å². The number of benzene rings is 2. The molecule has 0 radical (unpaired) electrons. The van der Waals surface area contributed by atoms with Crippen LogP contribution >= 0.6 is 11.8 Å². The number of morpholine rings is 1. The third-order valence-electron chi connectivity index (χ3n) is 4.28. The van der Waals surface area contributed by atoms with Crippen molar-refractivity contribution in [3.63, 3.8) is 0 Å². The van der Waals surface area contributed by atoms with Crippen LogP contribution in [0.4, 0.5) is 0 Å². The first kappa shape index (κ1) is 16.6. The highest BCUT2D eigenvalue weighted by atomic mass is 32.2. The fourth-order valence-electron chi connectivity index (χ4n) is 2.88. The molecule has 0 amide bonds. The predicted molar refractivity (Wildman–Crippen MR) is 99.2 cm³/mol. The number of hydrogen-bond acceptors (Lipinski definition) is 3. The molecule has 2 aromatic rings. The van der Waals surface area contributed by atoms with Crippen molar-refractivity contribution in [1.82, 2.24) is 4.90 Å². The van der Waals surface area contributed by atoms with E-state index in [1.54, 1.807) is 0 Å². The van der Waals surface area contributed by atoms with Crippen molar-refractivity contribution in [3.8, 4) is 0 Å². The number of hydrogen-bond donors (Lipinski definition) is 0. The maximum absolute atomic E-state index is 5.43. The fourth-order valence-corrected chi connectivity index (χ4v) is 4.18. The summed E-state index contributed by atoms with van der Waals surface area (Å²) >= 11 is 2.04. The van der Waals surface area contributed by atoms with Gasteiger partial charge in [-0.1, -0.05) is 60.2 Å². The van der Waals surface area contributed by atoms with Crippen LogP contribution in [0.5, 0.6) is 0 Å². The van der Waals surface area contributed by atoms with Crippen LogP contribution in [0.3, 0.4) is 0 Å². The normalized spacial score (nSPS) is 17.1. The Balaban J connectivity index is 1.66. The molecule has 1 atom stereocenters. The van der Waals surface area contributed by atoms with Crippen LogP contribution in [0.25, 0.3) is 0 Å². The van der Waals surface area contributed by atoms with Crippen LogP contribution in [0.1, 0.15) is 21.9 Å². The average molecular weight is 327 g/mol. The van der Waals surface area contributed by atoms with E-state index in [-0.39, 0.29) is 0 Å². The van der Waals surface area contributed by atoms with E-state index in [4.69, 9.17) is 4.74 Å². The van der Waals surface area contributed by atoms with Crippen LogP contribution in [0, 0.1) is 6.92 Å². The Morgan fingerprint density at radius 1 is 0.957 bits per heavy atom. The number of thioether (sulfide) groups is 1. The zero-order chi connectivity index (χ0) is 15.9. The molecule has 1 fully saturated rings. The Labute approximate surface area is 143 Å². The van der Waals surface area contributed by atoms with Crippen molar-refractivity contribution in [2.75, 3.05) is 38.6 Å². The van der Waals surface area contributed by atoms with Crippen LogP contribution < -0.4 is 0 Å². The second-order valence-corrected chi connectivity index (χ2v) is 7.24. The highest BCUT2D eigenvalue weighted by molar-refractivity contribution is 7.99. The summed E-state index contributed by atoms with van der Waals surface area (Å²) in [5.41, 5.74) is 4.11. The summed E-state index contributed by atoms with van der Waals surface area (Å²) in [7, 11) is 0. The maximum Gasteiger partial charge on any atom is 0.0594 e. The van der Waals surface area contributed by atoms with Crippen molar-refractivity contribution >= 4 is 11.8 Å². The third kappa shape index (κ3) is 4.84. The SMILES string of the molecule is Cc1ccc([C@@H](SCCN2CCOCC2)c2ccccc2)cc1. The second kappa shape index (κ2) is 8.53. The van der Waals surface area contributed by atoms with Gasteiger partial charge in [-0.3, -0.25) is 4.90 Å². The second-order valence-electron chi connectivity index (χ2n) is 6.03. The van der Waals surface area contributed by atoms with Gasteiger partial charge in [-0.25, -0.2) is 0 Å². The molecule has 0 bridgehead atoms. The highest BCUT2D eigenvalue weighted by Gasteiger charge is 2.16. The average Bonchev–Trinajstić information content (AvgIpc) is 2.61. The molecule has 0 saturated carbocycles. The van der Waals surface area contributed by atoms with Gasteiger partial charge in [0.15, 0.2) is 0 Å². The number of nitrogens with zero attached hydrogens (tertiary/aromatic N) is 1. The summed E-state index contributed by atoms with van der Waals surface area (Å²) in [4.78, 5) is 2.51. The fraction of sp³-hybridized carbons (Fsp3) is 0.400. The topological polar surface area (TPSA) is 12.5 Å². The van der Waals surface area contributed by atoms with Gasteiger partial charge in [0.2, 0.25) is 0 Å². The zero-order valence-corrected chi connectivity index (χ0v) is 14.6. The summed E-state index contributed by atoms with van der Waals surface area (Å²) in [6, 6.07) is 19.8. The summed E-state index contributed by atoms with van der Waals surface area (Å²) in [6.45, 7) is 7.19. The van der Waals surface area contributed by atoms with Gasteiger partial charge >= 0.3 is 0 Å². The van der Waals surface area contributed by atoms with E-state index in [0.717, 1.165) is 38.6 Å². The first-order chi connectivity index (χ1) is 11.3. The quantitative estimate of drug-likeness (QED) is 0.791. The Hall–Kier alpha value is -1.29. The van der Waals surface area contributed by atoms with Gasteiger partial charge in [-0.05, 0) is 18.1 Å². The van der Waals surface area contributed by atoms with Gasteiger partial charge in [0.1, 0.15) is 0 Å². The molecule has 0 spiro atoms. The zero-order valence-electron chi connectivity index (χ0n) is 13.8. The molecule has 3 rings (SSSR count). The van der Waals surface area contributed by atoms with E-state index >= 15 is 0 Å². The summed E-state index contributed by atoms with van der Waals surface area (Å²) in [5, 5.41) is 0.415. The van der Waals surface area contributed by atoms with Crippen molar-refractivity contribution in [1.29, 1.82) is 0 Å². The Morgan fingerprint density at radius 3 is 2.30 bits per heavy atom. The predicted octanol–water partition coefficient (Wildman–Crippen LogP) is 4.15. The van der Waals surface area contributed by atoms with Crippen molar-refractivity contribution < 1.29 is 4.74 Å². The molecule has 1 heterocycles. The van der Waals surface area contributed by atoms with Crippen LogP contribution in [0.2, 0.25) is 0 Å². The smallest absolute Gasteiger partial charge is 0.0594 e. The minimum absolute atomic E-state index is 0.415. The van der Waals surface area contributed by atoms with Gasteiger partial charge in [-0.15, -0.1) is 11.8 Å². The minimum Gasteiger partial charge on any atom is -0.379 e. The van der Waals surface area contributed by atoms with Gasteiger partial charge in [0.25, 0.3) is 0 Å². The summed E-state index contributed by atoms with van der Waals surface area (Å²) in [6.07, 6.45) is 0.